The highest BCUT2D eigenvalue weighted by Gasteiger charge is 2.35. The minimum absolute atomic E-state index is 0.224. The minimum Gasteiger partial charge on any atom is -0.339 e. The van der Waals surface area contributed by atoms with E-state index in [0.29, 0.717) is 17.9 Å². The Morgan fingerprint density at radius 3 is 2.15 bits per heavy atom. The molecule has 1 amide bonds. The number of nitrogens with zero attached hydrogens (tertiary/aromatic N) is 1. The van der Waals surface area contributed by atoms with E-state index in [-0.39, 0.29) is 5.41 Å². The van der Waals surface area contributed by atoms with Crippen LogP contribution in [0.1, 0.15) is 41.0 Å². The molecule has 0 aromatic carbocycles. The number of hydrogen-bond donors (Lipinski definition) is 0. The Hall–Kier alpha value is -0.530. The first-order valence-corrected chi connectivity index (χ1v) is 5.15. The Bertz CT molecular complexity index is 205. The molecule has 0 saturated carbocycles. The Balaban J connectivity index is 2.69. The Labute approximate surface area is 81.3 Å². The summed E-state index contributed by atoms with van der Waals surface area (Å²) in [5.74, 6) is 0.954. The van der Waals surface area contributed by atoms with Crippen molar-refractivity contribution in [2.24, 2.45) is 11.3 Å². The second-order valence-corrected chi connectivity index (χ2v) is 5.26. The van der Waals surface area contributed by atoms with E-state index in [1.807, 2.05) is 25.7 Å². The third kappa shape index (κ3) is 2.04. The fraction of sp³-hybridized carbons (Fsp3) is 0.909. The fourth-order valence-electron chi connectivity index (χ4n) is 1.81. The van der Waals surface area contributed by atoms with Gasteiger partial charge in [0, 0.05) is 18.0 Å². The minimum atomic E-state index is -0.224. The monoisotopic (exact) mass is 183 g/mol. The molecule has 0 bridgehead atoms. The predicted molar refractivity (Wildman–Crippen MR) is 54.4 cm³/mol. The highest BCUT2D eigenvalue weighted by atomic mass is 16.2. The summed E-state index contributed by atoms with van der Waals surface area (Å²) in [4.78, 5) is 14.0. The number of carbonyl (C=O) groups is 1. The quantitative estimate of drug-likeness (QED) is 0.564. The maximum atomic E-state index is 11.9. The molecular formula is C11H21NO. The van der Waals surface area contributed by atoms with Crippen LogP contribution in [-0.2, 0) is 4.79 Å². The van der Waals surface area contributed by atoms with Gasteiger partial charge in [0.2, 0.25) is 5.91 Å². The zero-order chi connectivity index (χ0) is 10.2. The van der Waals surface area contributed by atoms with Crippen LogP contribution in [0.25, 0.3) is 0 Å². The summed E-state index contributed by atoms with van der Waals surface area (Å²) in [7, 11) is 0. The van der Waals surface area contributed by atoms with Crippen molar-refractivity contribution in [3.63, 3.8) is 0 Å². The molecule has 0 N–H and O–H groups in total. The third-order valence-corrected chi connectivity index (χ3v) is 3.04. The van der Waals surface area contributed by atoms with Crippen LogP contribution in [-0.4, -0.2) is 23.4 Å². The number of carbonyl (C=O) groups excluding carboxylic acids is 1. The molecule has 1 rings (SSSR count). The molecule has 0 radical (unpaired) electrons. The van der Waals surface area contributed by atoms with Crippen LogP contribution < -0.4 is 0 Å². The lowest BCUT2D eigenvalue weighted by molar-refractivity contribution is -0.140. The third-order valence-electron chi connectivity index (χ3n) is 3.04. The predicted octanol–water partition coefficient (Wildman–Crippen LogP) is 2.29. The van der Waals surface area contributed by atoms with Crippen molar-refractivity contribution in [3.05, 3.63) is 0 Å². The number of hydrogen-bond acceptors (Lipinski definition) is 1. The van der Waals surface area contributed by atoms with Gasteiger partial charge in [-0.1, -0.05) is 27.7 Å². The van der Waals surface area contributed by atoms with Crippen molar-refractivity contribution in [1.82, 2.24) is 4.90 Å². The standard InChI is InChI=1S/C11H21NO/c1-8-6-7-12(9(8)2)10(13)11(3,4)5/h8-9H,6-7H2,1-5H3/t8-,9-/m1/s1. The number of likely N-dealkylation sites (tertiary alicyclic amines) is 1. The second-order valence-electron chi connectivity index (χ2n) is 5.26. The van der Waals surface area contributed by atoms with Crippen molar-refractivity contribution in [2.45, 2.75) is 47.1 Å². The summed E-state index contributed by atoms with van der Waals surface area (Å²) < 4.78 is 0. The average Bonchev–Trinajstić information content (AvgIpc) is 2.30. The zero-order valence-corrected chi connectivity index (χ0v) is 9.42. The topological polar surface area (TPSA) is 20.3 Å². The molecule has 2 atom stereocenters. The molecule has 0 aromatic rings. The van der Waals surface area contributed by atoms with E-state index in [4.69, 9.17) is 0 Å². The van der Waals surface area contributed by atoms with Gasteiger partial charge >= 0.3 is 0 Å². The molecule has 1 heterocycles. The van der Waals surface area contributed by atoms with E-state index in [0.717, 1.165) is 13.0 Å². The Kier molecular flexibility index (Phi) is 2.69. The van der Waals surface area contributed by atoms with Crippen LogP contribution in [0.2, 0.25) is 0 Å². The summed E-state index contributed by atoms with van der Waals surface area (Å²) in [5.41, 5.74) is -0.224. The lowest BCUT2D eigenvalue weighted by atomic mass is 9.94. The van der Waals surface area contributed by atoms with Gasteiger partial charge in [-0.3, -0.25) is 4.79 Å². The Morgan fingerprint density at radius 2 is 1.85 bits per heavy atom. The molecule has 1 fully saturated rings. The summed E-state index contributed by atoms with van der Waals surface area (Å²) in [6, 6.07) is 0.423. The summed E-state index contributed by atoms with van der Waals surface area (Å²) in [6.45, 7) is 11.3. The molecule has 76 valence electrons. The maximum absolute atomic E-state index is 11.9. The van der Waals surface area contributed by atoms with Crippen molar-refractivity contribution in [1.29, 1.82) is 0 Å². The molecule has 1 aliphatic rings. The van der Waals surface area contributed by atoms with E-state index in [9.17, 15) is 4.79 Å². The summed E-state index contributed by atoms with van der Waals surface area (Å²) in [5, 5.41) is 0. The molecule has 1 aliphatic heterocycles. The van der Waals surface area contributed by atoms with Crippen LogP contribution in [0.5, 0.6) is 0 Å². The van der Waals surface area contributed by atoms with E-state index in [2.05, 4.69) is 13.8 Å². The van der Waals surface area contributed by atoms with Gasteiger partial charge in [0.25, 0.3) is 0 Å². The van der Waals surface area contributed by atoms with Crippen LogP contribution in [0.4, 0.5) is 0 Å². The van der Waals surface area contributed by atoms with Crippen molar-refractivity contribution in [3.8, 4) is 0 Å². The zero-order valence-electron chi connectivity index (χ0n) is 9.42. The van der Waals surface area contributed by atoms with Crippen molar-refractivity contribution < 1.29 is 4.79 Å². The molecule has 0 aliphatic carbocycles. The highest BCUT2D eigenvalue weighted by molar-refractivity contribution is 5.82. The lowest BCUT2D eigenvalue weighted by Gasteiger charge is -2.30. The second kappa shape index (κ2) is 3.32. The van der Waals surface area contributed by atoms with Crippen LogP contribution >= 0.6 is 0 Å². The van der Waals surface area contributed by atoms with E-state index >= 15 is 0 Å². The Morgan fingerprint density at radius 1 is 1.31 bits per heavy atom. The van der Waals surface area contributed by atoms with Crippen LogP contribution in [0.3, 0.4) is 0 Å². The maximum Gasteiger partial charge on any atom is 0.228 e. The van der Waals surface area contributed by atoms with Crippen LogP contribution in [0.15, 0.2) is 0 Å². The molecule has 0 unspecified atom stereocenters. The van der Waals surface area contributed by atoms with Gasteiger partial charge in [-0.15, -0.1) is 0 Å². The molecule has 0 aromatic heterocycles. The summed E-state index contributed by atoms with van der Waals surface area (Å²) in [6.07, 6.45) is 1.16. The van der Waals surface area contributed by atoms with Crippen molar-refractivity contribution in [2.75, 3.05) is 6.54 Å². The number of amides is 1. The molecular weight excluding hydrogens is 162 g/mol. The van der Waals surface area contributed by atoms with E-state index in [1.54, 1.807) is 0 Å². The van der Waals surface area contributed by atoms with Gasteiger partial charge in [-0.05, 0) is 19.3 Å². The smallest absolute Gasteiger partial charge is 0.228 e. The van der Waals surface area contributed by atoms with Gasteiger partial charge in [-0.2, -0.15) is 0 Å². The van der Waals surface area contributed by atoms with Crippen LogP contribution in [0, 0.1) is 11.3 Å². The molecule has 13 heavy (non-hydrogen) atoms. The molecule has 0 spiro atoms. The van der Waals surface area contributed by atoms with Crippen molar-refractivity contribution >= 4 is 5.91 Å². The SMILES string of the molecule is C[C@@H]1CCN(C(=O)C(C)(C)C)[C@@H]1C. The number of rotatable bonds is 0. The average molecular weight is 183 g/mol. The largest absolute Gasteiger partial charge is 0.339 e. The first-order chi connectivity index (χ1) is 5.84. The first-order valence-electron chi connectivity index (χ1n) is 5.15. The van der Waals surface area contributed by atoms with E-state index < -0.39 is 0 Å². The lowest BCUT2D eigenvalue weighted by Crippen LogP contribution is -2.42. The van der Waals surface area contributed by atoms with Gasteiger partial charge in [0.05, 0.1) is 0 Å². The van der Waals surface area contributed by atoms with Gasteiger partial charge in [0.1, 0.15) is 0 Å². The first kappa shape index (κ1) is 10.6. The molecule has 1 saturated heterocycles. The van der Waals surface area contributed by atoms with Gasteiger partial charge in [0.15, 0.2) is 0 Å². The summed E-state index contributed by atoms with van der Waals surface area (Å²) >= 11 is 0. The molecule has 2 heteroatoms. The highest BCUT2D eigenvalue weighted by Crippen LogP contribution is 2.28. The fourth-order valence-corrected chi connectivity index (χ4v) is 1.81. The van der Waals surface area contributed by atoms with Gasteiger partial charge < -0.3 is 4.90 Å². The molecule has 2 nitrogen and oxygen atoms in total. The van der Waals surface area contributed by atoms with E-state index in [1.165, 1.54) is 0 Å². The van der Waals surface area contributed by atoms with Gasteiger partial charge in [-0.25, -0.2) is 0 Å². The normalized spacial score (nSPS) is 29.5.